The molecule has 0 fully saturated rings. The number of carbonyl (C=O) groups excluding carboxylic acids is 3. The van der Waals surface area contributed by atoms with Crippen molar-refractivity contribution in [3.8, 4) is 17.3 Å². The number of hydrogen-bond donors (Lipinski definition) is 4. The minimum Gasteiger partial charge on any atom is -0.481 e. The molecule has 31 heavy (non-hydrogen) atoms. The zero-order chi connectivity index (χ0) is 22.6. The van der Waals surface area contributed by atoms with E-state index in [1.165, 1.54) is 13.2 Å². The molecule has 1 atom stereocenters. The van der Waals surface area contributed by atoms with Gasteiger partial charge in [0.1, 0.15) is 5.69 Å². The molecule has 2 aromatic rings. The first-order chi connectivity index (χ1) is 15.0. The second-order valence-corrected chi connectivity index (χ2v) is 6.88. The highest BCUT2D eigenvalue weighted by molar-refractivity contribution is 5.92. The van der Waals surface area contributed by atoms with E-state index >= 15 is 0 Å². The predicted molar refractivity (Wildman–Crippen MR) is 111 cm³/mol. The van der Waals surface area contributed by atoms with Gasteiger partial charge in [-0.1, -0.05) is 32.3 Å². The van der Waals surface area contributed by atoms with E-state index in [1.807, 2.05) is 6.92 Å². The number of methoxy groups -OCH3 is 1. The average molecular weight is 432 g/mol. The summed E-state index contributed by atoms with van der Waals surface area (Å²) in [4.78, 5) is 40.4. The first kappa shape index (κ1) is 23.9. The van der Waals surface area contributed by atoms with Crippen LogP contribution in [-0.2, 0) is 9.59 Å². The summed E-state index contributed by atoms with van der Waals surface area (Å²) < 4.78 is 10.6. The third-order valence-corrected chi connectivity index (χ3v) is 4.61. The fourth-order valence-corrected chi connectivity index (χ4v) is 2.94. The maximum atomic E-state index is 12.4. The van der Waals surface area contributed by atoms with E-state index in [4.69, 9.17) is 14.4 Å². The number of aromatic nitrogens is 1. The summed E-state index contributed by atoms with van der Waals surface area (Å²) in [7, 11) is 1.51. The summed E-state index contributed by atoms with van der Waals surface area (Å²) in [5, 5.41) is 13.9. The number of furan rings is 1. The molecule has 0 saturated carbocycles. The lowest BCUT2D eigenvalue weighted by Gasteiger charge is -2.16. The molecular formula is C21H28N4O6. The largest absolute Gasteiger partial charge is 0.481 e. The van der Waals surface area contributed by atoms with Gasteiger partial charge < -0.3 is 19.8 Å². The first-order valence-electron chi connectivity index (χ1n) is 10.1. The molecule has 2 rings (SSSR count). The van der Waals surface area contributed by atoms with E-state index in [1.54, 1.807) is 29.7 Å². The number of nitrogens with zero attached hydrogens (tertiary/aromatic N) is 1. The number of carbonyl (C=O) groups is 3. The number of unbranched alkanes of at least 4 members (excludes halogenated alkanes) is 2. The molecule has 168 valence electrons. The maximum absolute atomic E-state index is 12.4. The monoisotopic (exact) mass is 432 g/mol. The van der Waals surface area contributed by atoms with E-state index in [9.17, 15) is 14.4 Å². The molecule has 0 unspecified atom stereocenters. The second kappa shape index (κ2) is 12.3. The molecule has 0 radical (unpaired) electrons. The van der Waals surface area contributed by atoms with Gasteiger partial charge in [0.05, 0.1) is 13.8 Å². The van der Waals surface area contributed by atoms with Crippen molar-refractivity contribution < 1.29 is 28.7 Å². The predicted octanol–water partition coefficient (Wildman–Crippen LogP) is 2.25. The Kier molecular flexibility index (Phi) is 9.50. The normalized spacial score (nSPS) is 11.5. The van der Waals surface area contributed by atoms with Crippen molar-refractivity contribution in [2.75, 3.05) is 13.8 Å². The lowest BCUT2D eigenvalue weighted by atomic mass is 9.96. The van der Waals surface area contributed by atoms with E-state index in [0.717, 1.165) is 19.3 Å². The molecule has 10 heteroatoms. The van der Waals surface area contributed by atoms with Gasteiger partial charge >= 0.3 is 0 Å². The van der Waals surface area contributed by atoms with Crippen LogP contribution in [0, 0.1) is 5.92 Å². The molecular weight excluding hydrogens is 404 g/mol. The van der Waals surface area contributed by atoms with Crippen LogP contribution in [0.5, 0.6) is 5.88 Å². The minimum atomic E-state index is -0.630. The van der Waals surface area contributed by atoms with Crippen LogP contribution in [0.15, 0.2) is 34.7 Å². The summed E-state index contributed by atoms with van der Waals surface area (Å²) in [5.74, 6) is -1.22. The fraction of sp³-hybridized carbons (Fsp3) is 0.429. The quantitative estimate of drug-likeness (QED) is 0.174. The Morgan fingerprint density at radius 2 is 1.97 bits per heavy atom. The van der Waals surface area contributed by atoms with Gasteiger partial charge in [0.15, 0.2) is 11.5 Å². The van der Waals surface area contributed by atoms with Crippen LogP contribution in [0.3, 0.4) is 0 Å². The number of nitrogens with one attached hydrogen (secondary N) is 3. The Morgan fingerprint density at radius 3 is 2.68 bits per heavy atom. The molecule has 0 bridgehead atoms. The van der Waals surface area contributed by atoms with Crippen LogP contribution in [0.25, 0.3) is 11.5 Å². The van der Waals surface area contributed by atoms with Crippen molar-refractivity contribution >= 4 is 17.7 Å². The Morgan fingerprint density at radius 1 is 1.16 bits per heavy atom. The molecule has 0 spiro atoms. The van der Waals surface area contributed by atoms with Gasteiger partial charge in [-0.2, -0.15) is 0 Å². The number of hydrogen-bond acceptors (Lipinski definition) is 7. The van der Waals surface area contributed by atoms with Gasteiger partial charge in [0.25, 0.3) is 5.91 Å². The lowest BCUT2D eigenvalue weighted by Crippen LogP contribution is -2.41. The Balaban J connectivity index is 1.89. The third-order valence-electron chi connectivity index (χ3n) is 4.61. The lowest BCUT2D eigenvalue weighted by molar-refractivity contribution is -0.135. The zero-order valence-corrected chi connectivity index (χ0v) is 17.6. The van der Waals surface area contributed by atoms with Gasteiger partial charge in [0, 0.05) is 18.4 Å². The van der Waals surface area contributed by atoms with Crippen molar-refractivity contribution in [2.45, 2.75) is 39.0 Å². The molecule has 4 N–H and O–H groups in total. The van der Waals surface area contributed by atoms with E-state index in [0.29, 0.717) is 23.8 Å². The summed E-state index contributed by atoms with van der Waals surface area (Å²) >= 11 is 0. The number of ether oxygens (including phenoxy) is 1. The fourth-order valence-electron chi connectivity index (χ4n) is 2.94. The van der Waals surface area contributed by atoms with Gasteiger partial charge in [-0.25, -0.2) is 10.5 Å². The summed E-state index contributed by atoms with van der Waals surface area (Å²) in [6, 6.07) is 8.30. The Bertz CT molecular complexity index is 882. The van der Waals surface area contributed by atoms with E-state index in [-0.39, 0.29) is 24.8 Å². The third kappa shape index (κ3) is 7.41. The molecule has 0 aromatic carbocycles. The number of pyridine rings is 1. The van der Waals surface area contributed by atoms with Crippen LogP contribution in [0.4, 0.5) is 0 Å². The Labute approximate surface area is 180 Å². The molecule has 0 saturated heterocycles. The number of amides is 3. The Hall–Kier alpha value is -3.40. The van der Waals surface area contributed by atoms with Gasteiger partial charge in [-0.15, -0.1) is 0 Å². The van der Waals surface area contributed by atoms with E-state index in [2.05, 4.69) is 15.6 Å². The van der Waals surface area contributed by atoms with Crippen molar-refractivity contribution in [1.82, 2.24) is 21.1 Å². The van der Waals surface area contributed by atoms with Crippen LogP contribution in [0.1, 0.15) is 49.6 Å². The SMILES string of the molecule is CCCCC[C@H](CC(=O)NO)C(=O)NCNC(=O)c1ccc(-c2cccc(OC)n2)o1. The van der Waals surface area contributed by atoms with Gasteiger partial charge in [-0.05, 0) is 24.6 Å². The van der Waals surface area contributed by atoms with Crippen molar-refractivity contribution in [3.05, 3.63) is 36.1 Å². The smallest absolute Gasteiger partial charge is 0.288 e. The molecule has 0 aliphatic rings. The second-order valence-electron chi connectivity index (χ2n) is 6.88. The standard InChI is InChI=1S/C21H28N4O6/c1-3-4-5-7-14(12-18(26)25-29)20(27)22-13-23-21(28)17-11-10-16(31-17)15-8-6-9-19(24-15)30-2/h6,8-11,14,29H,3-5,7,12-13H2,1-2H3,(H,22,27)(H,23,28)(H,25,26)/t14-/m1/s1. The highest BCUT2D eigenvalue weighted by atomic mass is 16.5. The van der Waals surface area contributed by atoms with Gasteiger partial charge in [0.2, 0.25) is 17.7 Å². The van der Waals surface area contributed by atoms with Crippen LogP contribution < -0.4 is 20.9 Å². The van der Waals surface area contributed by atoms with Crippen LogP contribution >= 0.6 is 0 Å². The minimum absolute atomic E-state index is 0.0630. The van der Waals surface area contributed by atoms with E-state index < -0.39 is 17.7 Å². The number of rotatable bonds is 12. The number of hydroxylamine groups is 1. The summed E-state index contributed by atoms with van der Waals surface area (Å²) in [6.45, 7) is 1.91. The molecule has 0 aliphatic carbocycles. The first-order valence-corrected chi connectivity index (χ1v) is 10.1. The summed E-state index contributed by atoms with van der Waals surface area (Å²) in [6.07, 6.45) is 3.08. The molecule has 2 heterocycles. The molecule has 2 aromatic heterocycles. The molecule has 3 amide bonds. The highest BCUT2D eigenvalue weighted by Gasteiger charge is 2.21. The van der Waals surface area contributed by atoms with Crippen LogP contribution in [-0.4, -0.2) is 41.7 Å². The van der Waals surface area contributed by atoms with Crippen molar-refractivity contribution in [1.29, 1.82) is 0 Å². The molecule has 10 nitrogen and oxygen atoms in total. The average Bonchev–Trinajstić information content (AvgIpc) is 3.28. The van der Waals surface area contributed by atoms with Crippen molar-refractivity contribution in [2.24, 2.45) is 5.92 Å². The maximum Gasteiger partial charge on any atom is 0.288 e. The topological polar surface area (TPSA) is 143 Å². The molecule has 0 aliphatic heterocycles. The van der Waals surface area contributed by atoms with Crippen molar-refractivity contribution in [3.63, 3.8) is 0 Å². The van der Waals surface area contributed by atoms with Crippen LogP contribution in [0.2, 0.25) is 0 Å². The highest BCUT2D eigenvalue weighted by Crippen LogP contribution is 2.22. The zero-order valence-electron chi connectivity index (χ0n) is 17.6. The van der Waals surface area contributed by atoms with Gasteiger partial charge in [-0.3, -0.25) is 19.6 Å². The summed E-state index contributed by atoms with van der Waals surface area (Å²) in [5.41, 5.74) is 2.06.